The molecule has 0 aromatic heterocycles. The molecular weight excluding hydrogens is 259 g/mol. The summed E-state index contributed by atoms with van der Waals surface area (Å²) in [5, 5.41) is 0. The smallest absolute Gasteiger partial charge is 0.309 e. The van der Waals surface area contributed by atoms with Gasteiger partial charge in [-0.15, -0.1) is 0 Å². The molecule has 1 aliphatic carbocycles. The third-order valence-electron chi connectivity index (χ3n) is 3.51. The van der Waals surface area contributed by atoms with Gasteiger partial charge in [-0.3, -0.25) is 4.79 Å². The highest BCUT2D eigenvalue weighted by atomic mass is 19.1. The predicted molar refractivity (Wildman–Crippen MR) is 73.9 cm³/mol. The van der Waals surface area contributed by atoms with Crippen molar-refractivity contribution in [1.29, 1.82) is 0 Å². The first-order valence-electron chi connectivity index (χ1n) is 7.22. The number of hydrogen-bond acceptors (Lipinski definition) is 3. The van der Waals surface area contributed by atoms with Crippen molar-refractivity contribution in [1.82, 2.24) is 0 Å². The molecule has 1 aliphatic rings. The first-order chi connectivity index (χ1) is 9.74. The Morgan fingerprint density at radius 1 is 1.30 bits per heavy atom. The van der Waals surface area contributed by atoms with Gasteiger partial charge in [-0.2, -0.15) is 0 Å². The summed E-state index contributed by atoms with van der Waals surface area (Å²) in [6, 6.07) is 6.61. The van der Waals surface area contributed by atoms with E-state index in [0.717, 1.165) is 12.8 Å². The molecule has 0 bridgehead atoms. The van der Waals surface area contributed by atoms with E-state index in [2.05, 4.69) is 6.92 Å². The van der Waals surface area contributed by atoms with Crippen molar-refractivity contribution in [2.75, 3.05) is 19.8 Å². The Morgan fingerprint density at radius 3 is 2.85 bits per heavy atom. The second-order valence-electron chi connectivity index (χ2n) is 5.10. The number of carbonyl (C=O) groups excluding carboxylic acids is 1. The molecule has 0 radical (unpaired) electrons. The maximum atomic E-state index is 13.6. The molecular formula is C16H21FO3. The van der Waals surface area contributed by atoms with Crippen molar-refractivity contribution in [2.45, 2.75) is 32.1 Å². The number of ether oxygens (including phenoxy) is 2. The van der Waals surface area contributed by atoms with E-state index < -0.39 is 0 Å². The Kier molecular flexibility index (Phi) is 5.53. The summed E-state index contributed by atoms with van der Waals surface area (Å²) in [5.74, 6) is -0.694. The lowest BCUT2D eigenvalue weighted by Gasteiger charge is -2.06. The van der Waals surface area contributed by atoms with Crippen molar-refractivity contribution in [2.24, 2.45) is 5.92 Å². The summed E-state index contributed by atoms with van der Waals surface area (Å²) >= 11 is 0. The van der Waals surface area contributed by atoms with Gasteiger partial charge in [-0.1, -0.05) is 31.5 Å². The van der Waals surface area contributed by atoms with E-state index in [1.54, 1.807) is 18.2 Å². The molecule has 1 aromatic rings. The molecule has 1 saturated carbocycles. The molecule has 0 amide bonds. The number of benzene rings is 1. The lowest BCUT2D eigenvalue weighted by molar-refractivity contribution is -0.146. The van der Waals surface area contributed by atoms with Gasteiger partial charge in [0.2, 0.25) is 0 Å². The van der Waals surface area contributed by atoms with Crippen molar-refractivity contribution >= 4 is 5.97 Å². The number of hydrogen-bond donors (Lipinski definition) is 0. The molecule has 20 heavy (non-hydrogen) atoms. The van der Waals surface area contributed by atoms with E-state index >= 15 is 0 Å². The zero-order chi connectivity index (χ0) is 14.4. The number of unbranched alkanes of at least 4 members (excludes halogenated alkanes) is 1. The standard InChI is InChI=1S/C16H21FO3/c1-2-3-8-19-9-10-20-16(18)14-11-13(14)12-6-4-5-7-15(12)17/h4-7,13-14H,2-3,8-11H2,1H3. The lowest BCUT2D eigenvalue weighted by Crippen LogP contribution is -2.13. The number of carbonyl (C=O) groups is 1. The van der Waals surface area contributed by atoms with Crippen LogP contribution in [0.5, 0.6) is 0 Å². The van der Waals surface area contributed by atoms with E-state index in [9.17, 15) is 9.18 Å². The largest absolute Gasteiger partial charge is 0.463 e. The van der Waals surface area contributed by atoms with E-state index in [1.165, 1.54) is 6.07 Å². The minimum absolute atomic E-state index is 0.0234. The second kappa shape index (κ2) is 7.39. The van der Waals surface area contributed by atoms with E-state index in [0.29, 0.717) is 25.2 Å². The van der Waals surface area contributed by atoms with Gasteiger partial charge in [-0.05, 0) is 24.5 Å². The fourth-order valence-corrected chi connectivity index (χ4v) is 2.23. The molecule has 0 spiro atoms. The summed E-state index contributed by atoms with van der Waals surface area (Å²) in [6.07, 6.45) is 2.79. The van der Waals surface area contributed by atoms with Gasteiger partial charge in [0.15, 0.2) is 0 Å². The average molecular weight is 280 g/mol. The van der Waals surface area contributed by atoms with Crippen LogP contribution in [-0.2, 0) is 14.3 Å². The summed E-state index contributed by atoms with van der Waals surface area (Å²) in [4.78, 5) is 11.8. The minimum atomic E-state index is -0.240. The lowest BCUT2D eigenvalue weighted by atomic mass is 10.1. The molecule has 0 saturated heterocycles. The van der Waals surface area contributed by atoms with Crippen molar-refractivity contribution in [3.05, 3.63) is 35.6 Å². The SMILES string of the molecule is CCCCOCCOC(=O)C1CC1c1ccccc1F. The monoisotopic (exact) mass is 280 g/mol. The third-order valence-corrected chi connectivity index (χ3v) is 3.51. The molecule has 2 atom stereocenters. The highest BCUT2D eigenvalue weighted by molar-refractivity contribution is 5.77. The Bertz CT molecular complexity index is 447. The molecule has 2 rings (SSSR count). The summed E-state index contributed by atoms with van der Waals surface area (Å²) in [6.45, 7) is 3.51. The maximum absolute atomic E-state index is 13.6. The maximum Gasteiger partial charge on any atom is 0.309 e. The number of rotatable bonds is 8. The predicted octanol–water partition coefficient (Wildman–Crippen LogP) is 3.29. The number of halogens is 1. The number of esters is 1. The average Bonchev–Trinajstić information content (AvgIpc) is 3.23. The van der Waals surface area contributed by atoms with Crippen LogP contribution in [0.4, 0.5) is 4.39 Å². The van der Waals surface area contributed by atoms with E-state index in [1.807, 2.05) is 0 Å². The quantitative estimate of drug-likeness (QED) is 0.541. The van der Waals surface area contributed by atoms with Gasteiger partial charge in [0.1, 0.15) is 12.4 Å². The molecule has 0 aliphatic heterocycles. The fourth-order valence-electron chi connectivity index (χ4n) is 2.23. The molecule has 110 valence electrons. The summed E-state index contributed by atoms with van der Waals surface area (Å²) in [7, 11) is 0. The van der Waals surface area contributed by atoms with Crippen LogP contribution in [-0.4, -0.2) is 25.8 Å². The van der Waals surface area contributed by atoms with Crippen LogP contribution >= 0.6 is 0 Å². The highest BCUT2D eigenvalue weighted by Gasteiger charge is 2.46. The highest BCUT2D eigenvalue weighted by Crippen LogP contribution is 2.48. The topological polar surface area (TPSA) is 35.5 Å². The van der Waals surface area contributed by atoms with Crippen molar-refractivity contribution in [3.63, 3.8) is 0 Å². The molecule has 0 heterocycles. The summed E-state index contributed by atoms with van der Waals surface area (Å²) in [5.41, 5.74) is 0.619. The van der Waals surface area contributed by atoms with Crippen LogP contribution in [0.2, 0.25) is 0 Å². The molecule has 4 heteroatoms. The Balaban J connectivity index is 1.67. The van der Waals surface area contributed by atoms with Crippen molar-refractivity contribution < 1.29 is 18.7 Å². The van der Waals surface area contributed by atoms with Crippen LogP contribution in [0.3, 0.4) is 0 Å². The van der Waals surface area contributed by atoms with Gasteiger partial charge < -0.3 is 9.47 Å². The third kappa shape index (κ3) is 4.04. The first-order valence-corrected chi connectivity index (χ1v) is 7.22. The van der Waals surface area contributed by atoms with Gasteiger partial charge in [-0.25, -0.2) is 4.39 Å². The normalized spacial score (nSPS) is 20.7. The van der Waals surface area contributed by atoms with E-state index in [4.69, 9.17) is 9.47 Å². The van der Waals surface area contributed by atoms with Gasteiger partial charge in [0.05, 0.1) is 12.5 Å². The van der Waals surface area contributed by atoms with E-state index in [-0.39, 0.29) is 30.2 Å². The van der Waals surface area contributed by atoms with Crippen LogP contribution in [0.25, 0.3) is 0 Å². The molecule has 3 nitrogen and oxygen atoms in total. The van der Waals surface area contributed by atoms with Crippen LogP contribution in [0.1, 0.15) is 37.7 Å². The van der Waals surface area contributed by atoms with Crippen LogP contribution < -0.4 is 0 Å². The Labute approximate surface area is 119 Å². The Hall–Kier alpha value is -1.42. The zero-order valence-electron chi connectivity index (χ0n) is 11.8. The van der Waals surface area contributed by atoms with Crippen molar-refractivity contribution in [3.8, 4) is 0 Å². The minimum Gasteiger partial charge on any atom is -0.463 e. The Morgan fingerprint density at radius 2 is 2.10 bits per heavy atom. The van der Waals surface area contributed by atoms with Crippen LogP contribution in [0, 0.1) is 11.7 Å². The molecule has 2 unspecified atom stereocenters. The van der Waals surface area contributed by atoms with Crippen LogP contribution in [0.15, 0.2) is 24.3 Å². The fraction of sp³-hybridized carbons (Fsp3) is 0.562. The molecule has 1 aromatic carbocycles. The molecule has 1 fully saturated rings. The van der Waals surface area contributed by atoms with Gasteiger partial charge >= 0.3 is 5.97 Å². The van der Waals surface area contributed by atoms with Gasteiger partial charge in [0.25, 0.3) is 0 Å². The molecule has 0 N–H and O–H groups in total. The second-order valence-corrected chi connectivity index (χ2v) is 5.10. The zero-order valence-corrected chi connectivity index (χ0v) is 11.8. The first kappa shape index (κ1) is 15.0. The van der Waals surface area contributed by atoms with Gasteiger partial charge in [0, 0.05) is 12.5 Å². The summed E-state index contributed by atoms with van der Waals surface area (Å²) < 4.78 is 24.0.